The van der Waals surface area contributed by atoms with Crippen LogP contribution in [0.15, 0.2) is 41.8 Å². The average molecular weight is 456 g/mol. The molecule has 168 valence electrons. The third-order valence-corrected chi connectivity index (χ3v) is 5.67. The van der Waals surface area contributed by atoms with Crippen molar-refractivity contribution in [1.29, 1.82) is 0 Å². The van der Waals surface area contributed by atoms with Gasteiger partial charge < -0.3 is 14.2 Å². The molecule has 0 aliphatic rings. The Morgan fingerprint density at radius 1 is 0.906 bits per heavy atom. The van der Waals surface area contributed by atoms with Gasteiger partial charge >= 0.3 is 0 Å². The maximum atomic E-state index is 12.5. The molecular formula is C23H25N3O5S. The summed E-state index contributed by atoms with van der Waals surface area (Å²) in [6.07, 6.45) is 0. The molecule has 0 atom stereocenters. The van der Waals surface area contributed by atoms with Crippen molar-refractivity contribution in [2.75, 3.05) is 21.3 Å². The molecule has 9 heteroatoms. The average Bonchev–Trinajstić information content (AvgIpc) is 3.31. The monoisotopic (exact) mass is 455 g/mol. The van der Waals surface area contributed by atoms with Gasteiger partial charge in [0.1, 0.15) is 10.7 Å². The van der Waals surface area contributed by atoms with Gasteiger partial charge in [-0.25, -0.2) is 4.98 Å². The van der Waals surface area contributed by atoms with Gasteiger partial charge in [-0.2, -0.15) is 0 Å². The van der Waals surface area contributed by atoms with Crippen LogP contribution in [0.5, 0.6) is 17.2 Å². The lowest BCUT2D eigenvalue weighted by Crippen LogP contribution is -2.41. The standard InChI is InChI=1S/C23H25N3O5S/c1-13(2)14-6-8-15(9-7-14)23-24-17(12-32-23)22(28)26-25-21(27)16-10-18(29-3)20(31-5)19(11-16)30-4/h6-13H,1-5H3,(H,25,27)(H,26,28). The zero-order valence-electron chi connectivity index (χ0n) is 18.5. The van der Waals surface area contributed by atoms with Crippen molar-refractivity contribution in [1.82, 2.24) is 15.8 Å². The Bertz CT molecular complexity index is 1080. The molecule has 8 nitrogen and oxygen atoms in total. The summed E-state index contributed by atoms with van der Waals surface area (Å²) in [7, 11) is 4.38. The van der Waals surface area contributed by atoms with Crippen LogP contribution in [0.4, 0.5) is 0 Å². The number of hydrogen-bond acceptors (Lipinski definition) is 7. The lowest BCUT2D eigenvalue weighted by atomic mass is 10.0. The molecule has 3 aromatic rings. The van der Waals surface area contributed by atoms with Crippen molar-refractivity contribution < 1.29 is 23.8 Å². The van der Waals surface area contributed by atoms with Gasteiger partial charge in [-0.1, -0.05) is 38.1 Å². The Kier molecular flexibility index (Phi) is 7.32. The minimum atomic E-state index is -0.544. The highest BCUT2D eigenvalue weighted by Crippen LogP contribution is 2.38. The van der Waals surface area contributed by atoms with Crippen LogP contribution in [-0.4, -0.2) is 38.1 Å². The summed E-state index contributed by atoms with van der Waals surface area (Å²) >= 11 is 1.36. The van der Waals surface area contributed by atoms with Crippen molar-refractivity contribution in [2.45, 2.75) is 19.8 Å². The normalized spacial score (nSPS) is 10.6. The molecule has 2 N–H and O–H groups in total. The molecule has 0 fully saturated rings. The zero-order valence-corrected chi connectivity index (χ0v) is 19.3. The lowest BCUT2D eigenvalue weighted by molar-refractivity contribution is 0.0844. The Morgan fingerprint density at radius 3 is 2.03 bits per heavy atom. The van der Waals surface area contributed by atoms with Crippen LogP contribution >= 0.6 is 11.3 Å². The van der Waals surface area contributed by atoms with E-state index in [1.165, 1.54) is 50.4 Å². The lowest BCUT2D eigenvalue weighted by Gasteiger charge is -2.14. The summed E-state index contributed by atoms with van der Waals surface area (Å²) in [6.45, 7) is 4.26. The van der Waals surface area contributed by atoms with Gasteiger partial charge in [0, 0.05) is 16.5 Å². The highest BCUT2D eigenvalue weighted by atomic mass is 32.1. The van der Waals surface area contributed by atoms with Crippen LogP contribution in [0, 0.1) is 0 Å². The fourth-order valence-corrected chi connectivity index (χ4v) is 3.79. The molecule has 0 unspecified atom stereocenters. The highest BCUT2D eigenvalue weighted by molar-refractivity contribution is 7.13. The quantitative estimate of drug-likeness (QED) is 0.522. The van der Waals surface area contributed by atoms with Crippen molar-refractivity contribution in [3.8, 4) is 27.8 Å². The second-order valence-corrected chi connectivity index (χ2v) is 7.99. The van der Waals surface area contributed by atoms with Crippen molar-refractivity contribution in [3.63, 3.8) is 0 Å². The molecule has 0 saturated heterocycles. The number of nitrogens with zero attached hydrogens (tertiary/aromatic N) is 1. The smallest absolute Gasteiger partial charge is 0.289 e. The number of amides is 2. The minimum absolute atomic E-state index is 0.211. The van der Waals surface area contributed by atoms with E-state index in [-0.39, 0.29) is 11.3 Å². The van der Waals surface area contributed by atoms with Gasteiger partial charge in [0.15, 0.2) is 11.5 Å². The van der Waals surface area contributed by atoms with Crippen molar-refractivity contribution >= 4 is 23.2 Å². The molecule has 1 heterocycles. The highest BCUT2D eigenvalue weighted by Gasteiger charge is 2.18. The van der Waals surface area contributed by atoms with Gasteiger partial charge in [0.25, 0.3) is 11.8 Å². The summed E-state index contributed by atoms with van der Waals surface area (Å²) in [4.78, 5) is 29.4. The number of rotatable bonds is 7. The van der Waals surface area contributed by atoms with E-state index in [9.17, 15) is 9.59 Å². The molecule has 0 saturated carbocycles. The first-order chi connectivity index (χ1) is 15.4. The number of carbonyl (C=O) groups is 2. The summed E-state index contributed by atoms with van der Waals surface area (Å²) in [5.41, 5.74) is 7.36. The number of hydrazine groups is 1. The first kappa shape index (κ1) is 23.1. The molecule has 3 rings (SSSR count). The number of aromatic nitrogens is 1. The number of carbonyl (C=O) groups excluding carboxylic acids is 2. The van der Waals surface area contributed by atoms with Gasteiger partial charge in [-0.15, -0.1) is 11.3 Å². The van der Waals surface area contributed by atoms with E-state index in [0.29, 0.717) is 23.2 Å². The van der Waals surface area contributed by atoms with E-state index in [0.717, 1.165) is 10.6 Å². The summed E-state index contributed by atoms with van der Waals surface area (Å²) in [5.74, 6) is 0.402. The molecule has 0 aliphatic heterocycles. The third-order valence-electron chi connectivity index (χ3n) is 4.78. The van der Waals surface area contributed by atoms with Crippen molar-refractivity contribution in [2.24, 2.45) is 0 Å². The van der Waals surface area contributed by atoms with Crippen LogP contribution in [0.25, 0.3) is 10.6 Å². The molecule has 0 bridgehead atoms. The maximum absolute atomic E-state index is 12.5. The Morgan fingerprint density at radius 2 is 1.50 bits per heavy atom. The number of nitrogens with one attached hydrogen (secondary N) is 2. The summed E-state index contributed by atoms with van der Waals surface area (Å²) < 4.78 is 15.7. The van der Waals surface area contributed by atoms with Crippen LogP contribution in [0.1, 0.15) is 46.2 Å². The van der Waals surface area contributed by atoms with Crippen LogP contribution in [0.3, 0.4) is 0 Å². The van der Waals surface area contributed by atoms with E-state index in [2.05, 4.69) is 41.8 Å². The zero-order chi connectivity index (χ0) is 23.3. The largest absolute Gasteiger partial charge is 0.493 e. The molecule has 32 heavy (non-hydrogen) atoms. The topological polar surface area (TPSA) is 98.8 Å². The molecular weight excluding hydrogens is 430 g/mol. The fourth-order valence-electron chi connectivity index (χ4n) is 2.98. The molecule has 1 aromatic heterocycles. The van der Waals surface area contributed by atoms with E-state index < -0.39 is 11.8 Å². The number of methoxy groups -OCH3 is 3. The Hall–Kier alpha value is -3.59. The van der Waals surface area contributed by atoms with E-state index >= 15 is 0 Å². The SMILES string of the molecule is COc1cc(C(=O)NNC(=O)c2csc(-c3ccc(C(C)C)cc3)n2)cc(OC)c1OC. The number of hydrogen-bond donors (Lipinski definition) is 2. The van der Waals surface area contributed by atoms with Crippen molar-refractivity contribution in [3.05, 3.63) is 58.6 Å². The van der Waals surface area contributed by atoms with E-state index in [1.54, 1.807) is 5.38 Å². The second kappa shape index (κ2) is 10.1. The maximum Gasteiger partial charge on any atom is 0.289 e. The number of benzene rings is 2. The first-order valence-electron chi connectivity index (χ1n) is 9.84. The second-order valence-electron chi connectivity index (χ2n) is 7.14. The predicted octanol–water partition coefficient (Wildman–Crippen LogP) is 4.03. The van der Waals surface area contributed by atoms with Gasteiger partial charge in [-0.3, -0.25) is 20.4 Å². The Balaban J connectivity index is 1.68. The summed E-state index contributed by atoms with van der Waals surface area (Å²) in [6, 6.07) is 11.1. The molecule has 0 radical (unpaired) electrons. The van der Waals surface area contributed by atoms with Gasteiger partial charge in [0.05, 0.1) is 21.3 Å². The Labute approximate surface area is 190 Å². The number of ether oxygens (including phenoxy) is 3. The van der Waals surface area contributed by atoms with Crippen LogP contribution in [-0.2, 0) is 0 Å². The summed E-state index contributed by atoms with van der Waals surface area (Å²) in [5, 5.41) is 2.37. The predicted molar refractivity (Wildman–Crippen MR) is 123 cm³/mol. The first-order valence-corrected chi connectivity index (χ1v) is 10.7. The van der Waals surface area contributed by atoms with E-state index in [1.807, 2.05) is 12.1 Å². The molecule has 2 amide bonds. The van der Waals surface area contributed by atoms with E-state index in [4.69, 9.17) is 14.2 Å². The fraction of sp³-hybridized carbons (Fsp3) is 0.261. The molecule has 0 aliphatic carbocycles. The third kappa shape index (κ3) is 5.00. The minimum Gasteiger partial charge on any atom is -0.493 e. The van der Waals surface area contributed by atoms with Gasteiger partial charge in [0.2, 0.25) is 5.75 Å². The van der Waals surface area contributed by atoms with Crippen LogP contribution < -0.4 is 25.1 Å². The molecule has 2 aromatic carbocycles. The number of thiazole rings is 1. The molecule has 0 spiro atoms. The van der Waals surface area contributed by atoms with Gasteiger partial charge in [-0.05, 0) is 23.6 Å². The van der Waals surface area contributed by atoms with Crippen LogP contribution in [0.2, 0.25) is 0 Å².